The predicted molar refractivity (Wildman–Crippen MR) is 80.1 cm³/mol. The average Bonchev–Trinajstić information content (AvgIpc) is 2.52. The van der Waals surface area contributed by atoms with Gasteiger partial charge in [-0.3, -0.25) is 0 Å². The first-order valence-corrected chi connectivity index (χ1v) is 7.19. The van der Waals surface area contributed by atoms with Crippen molar-refractivity contribution in [2.45, 2.75) is 44.9 Å². The second kappa shape index (κ2) is 27.5. The summed E-state index contributed by atoms with van der Waals surface area (Å²) >= 11 is 0. The van der Waals surface area contributed by atoms with Crippen LogP contribution in [0.5, 0.6) is 0 Å². The van der Waals surface area contributed by atoms with Crippen molar-refractivity contribution >= 4 is 6.16 Å². The summed E-state index contributed by atoms with van der Waals surface area (Å²) in [6, 6.07) is 0. The van der Waals surface area contributed by atoms with Gasteiger partial charge in [0.1, 0.15) is 0 Å². The molecule has 0 aromatic rings. The van der Waals surface area contributed by atoms with Gasteiger partial charge in [0.2, 0.25) is 0 Å². The summed E-state index contributed by atoms with van der Waals surface area (Å²) in [6.45, 7) is 1.07. The van der Waals surface area contributed by atoms with Gasteiger partial charge < -0.3 is 29.9 Å². The molecular weight excluding hydrogens is 280 g/mol. The van der Waals surface area contributed by atoms with Gasteiger partial charge >= 0.3 is 6.16 Å². The molecule has 0 radical (unpaired) electrons. The van der Waals surface area contributed by atoms with Gasteiger partial charge in [-0.25, -0.2) is 4.79 Å². The Bertz CT molecular complexity index is 161. The summed E-state index contributed by atoms with van der Waals surface area (Å²) in [6.07, 6.45) is 5.75. The molecule has 0 bridgehead atoms. The van der Waals surface area contributed by atoms with Crippen LogP contribution in [0.4, 0.5) is 4.79 Å². The Labute approximate surface area is 127 Å². The molecule has 0 fully saturated rings. The molecular formula is C14H32O7. The molecule has 0 atom stereocenters. The molecule has 0 amide bonds. The first-order chi connectivity index (χ1) is 10.1. The van der Waals surface area contributed by atoms with Gasteiger partial charge in [-0.15, -0.1) is 0 Å². The zero-order chi connectivity index (χ0) is 16.8. The van der Waals surface area contributed by atoms with Crippen LogP contribution in [0.1, 0.15) is 44.9 Å². The molecule has 0 rings (SSSR count). The van der Waals surface area contributed by atoms with Crippen LogP contribution in [0.3, 0.4) is 0 Å². The molecule has 0 heterocycles. The van der Waals surface area contributed by atoms with E-state index in [-0.39, 0.29) is 26.4 Å². The predicted octanol–water partition coefficient (Wildman–Crippen LogP) is 1.07. The van der Waals surface area contributed by atoms with Crippen LogP contribution in [0.2, 0.25) is 0 Å². The second-order valence-electron chi connectivity index (χ2n) is 4.03. The Balaban J connectivity index is -0.000000234. The fraction of sp³-hybridized carbons (Fsp3) is 0.929. The zero-order valence-corrected chi connectivity index (χ0v) is 13.3. The third-order valence-electron chi connectivity index (χ3n) is 2.22. The molecule has 0 aromatic heterocycles. The number of unbranched alkanes of at least 4 members (excludes halogenated alkanes) is 5. The van der Waals surface area contributed by atoms with E-state index in [1.54, 1.807) is 0 Å². The lowest BCUT2D eigenvalue weighted by molar-refractivity contribution is 0.0924. The van der Waals surface area contributed by atoms with Gasteiger partial charge in [0, 0.05) is 26.4 Å². The fourth-order valence-corrected chi connectivity index (χ4v) is 1.06. The maximum absolute atomic E-state index is 9.74. The number of rotatable bonds is 9. The Morgan fingerprint density at radius 2 is 0.857 bits per heavy atom. The molecule has 0 aliphatic rings. The van der Waals surface area contributed by atoms with Crippen LogP contribution in [-0.2, 0) is 9.47 Å². The molecule has 7 nitrogen and oxygen atoms in total. The molecule has 4 N–H and O–H groups in total. The maximum Gasteiger partial charge on any atom is 0.507 e. The van der Waals surface area contributed by atoms with Crippen molar-refractivity contribution in [1.82, 2.24) is 0 Å². The van der Waals surface area contributed by atoms with E-state index in [2.05, 4.69) is 9.47 Å². The van der Waals surface area contributed by atoms with E-state index in [1.165, 1.54) is 14.2 Å². The SMILES string of the molecule is COC(=O)OC.OCCCCCCO.OCCCCCO. The summed E-state index contributed by atoms with van der Waals surface area (Å²) in [4.78, 5) is 9.74. The average molecular weight is 312 g/mol. The van der Waals surface area contributed by atoms with Crippen LogP contribution < -0.4 is 0 Å². The number of hydrogen-bond donors (Lipinski definition) is 4. The van der Waals surface area contributed by atoms with Gasteiger partial charge in [0.15, 0.2) is 0 Å². The van der Waals surface area contributed by atoms with Gasteiger partial charge in [-0.1, -0.05) is 12.8 Å². The number of aliphatic hydroxyl groups excluding tert-OH is 4. The summed E-state index contributed by atoms with van der Waals surface area (Å²) in [7, 11) is 2.51. The van der Waals surface area contributed by atoms with E-state index in [1.807, 2.05) is 0 Å². The Morgan fingerprint density at radius 3 is 1.00 bits per heavy atom. The molecule has 21 heavy (non-hydrogen) atoms. The van der Waals surface area contributed by atoms with Crippen molar-refractivity contribution < 1.29 is 34.7 Å². The van der Waals surface area contributed by atoms with Gasteiger partial charge in [-0.05, 0) is 32.1 Å². The summed E-state index contributed by atoms with van der Waals surface area (Å²) < 4.78 is 8.08. The molecule has 0 aromatic carbocycles. The van der Waals surface area contributed by atoms with Crippen molar-refractivity contribution in [2.24, 2.45) is 0 Å². The monoisotopic (exact) mass is 312 g/mol. The largest absolute Gasteiger partial charge is 0.507 e. The summed E-state index contributed by atoms with van der Waals surface area (Å²) in [5.74, 6) is 0. The maximum atomic E-state index is 9.74. The van der Waals surface area contributed by atoms with Crippen LogP contribution in [0, 0.1) is 0 Å². The molecule has 0 aliphatic carbocycles. The standard InChI is InChI=1S/C6H14O2.C5H12O2.C3H6O3/c7-5-3-1-2-4-6-8;6-4-2-1-3-5-7;1-5-3(4)6-2/h7-8H,1-6H2;6-7H,1-5H2;1-2H3. The third-order valence-corrected chi connectivity index (χ3v) is 2.22. The zero-order valence-electron chi connectivity index (χ0n) is 13.3. The Kier molecular flexibility index (Phi) is 32.8. The molecule has 7 heteroatoms. The van der Waals surface area contributed by atoms with Gasteiger partial charge in [0.05, 0.1) is 14.2 Å². The molecule has 0 aliphatic heterocycles. The number of aliphatic hydroxyl groups is 4. The van der Waals surface area contributed by atoms with E-state index in [9.17, 15) is 4.79 Å². The molecule has 0 saturated carbocycles. The Hall–Kier alpha value is -0.890. The first kappa shape index (κ1) is 25.1. The summed E-state index contributed by atoms with van der Waals surface area (Å²) in [5.41, 5.74) is 0. The number of carbonyl (C=O) groups is 1. The second-order valence-corrected chi connectivity index (χ2v) is 4.03. The highest BCUT2D eigenvalue weighted by Crippen LogP contribution is 1.96. The highest BCUT2D eigenvalue weighted by Gasteiger charge is 1.89. The highest BCUT2D eigenvalue weighted by molar-refractivity contribution is 5.59. The molecule has 130 valence electrons. The lowest BCUT2D eigenvalue weighted by Gasteiger charge is -1.93. The van der Waals surface area contributed by atoms with Crippen molar-refractivity contribution in [3.63, 3.8) is 0 Å². The molecule has 0 unspecified atom stereocenters. The van der Waals surface area contributed by atoms with E-state index in [0.717, 1.165) is 44.9 Å². The first-order valence-electron chi connectivity index (χ1n) is 7.19. The minimum atomic E-state index is -0.657. The smallest absolute Gasteiger partial charge is 0.438 e. The van der Waals surface area contributed by atoms with Crippen LogP contribution >= 0.6 is 0 Å². The lowest BCUT2D eigenvalue weighted by Crippen LogP contribution is -1.97. The quantitative estimate of drug-likeness (QED) is 0.372. The minimum Gasteiger partial charge on any atom is -0.438 e. The number of methoxy groups -OCH3 is 2. The van der Waals surface area contributed by atoms with E-state index in [4.69, 9.17) is 20.4 Å². The fourth-order valence-electron chi connectivity index (χ4n) is 1.06. The van der Waals surface area contributed by atoms with Crippen molar-refractivity contribution in [3.8, 4) is 0 Å². The number of carbonyl (C=O) groups excluding carboxylic acids is 1. The van der Waals surface area contributed by atoms with Crippen LogP contribution in [0.25, 0.3) is 0 Å². The van der Waals surface area contributed by atoms with E-state index >= 15 is 0 Å². The van der Waals surface area contributed by atoms with Gasteiger partial charge in [-0.2, -0.15) is 0 Å². The van der Waals surface area contributed by atoms with Crippen LogP contribution in [0.15, 0.2) is 0 Å². The van der Waals surface area contributed by atoms with Crippen molar-refractivity contribution in [2.75, 3.05) is 40.6 Å². The molecule has 0 saturated heterocycles. The lowest BCUT2D eigenvalue weighted by atomic mass is 10.2. The van der Waals surface area contributed by atoms with Crippen molar-refractivity contribution in [1.29, 1.82) is 0 Å². The highest BCUT2D eigenvalue weighted by atomic mass is 16.7. The minimum absolute atomic E-state index is 0.250. The van der Waals surface area contributed by atoms with Crippen molar-refractivity contribution in [3.05, 3.63) is 0 Å². The molecule has 0 spiro atoms. The topological polar surface area (TPSA) is 116 Å². The number of ether oxygens (including phenoxy) is 2. The van der Waals surface area contributed by atoms with E-state index < -0.39 is 6.16 Å². The Morgan fingerprint density at radius 1 is 0.619 bits per heavy atom. The normalized spacial score (nSPS) is 8.86. The third kappa shape index (κ3) is 38.1. The van der Waals surface area contributed by atoms with Gasteiger partial charge in [0.25, 0.3) is 0 Å². The summed E-state index contributed by atoms with van der Waals surface area (Å²) in [5, 5.41) is 33.0. The van der Waals surface area contributed by atoms with E-state index in [0.29, 0.717) is 0 Å². The number of hydrogen-bond acceptors (Lipinski definition) is 7. The van der Waals surface area contributed by atoms with Crippen LogP contribution in [-0.4, -0.2) is 67.2 Å².